The lowest BCUT2D eigenvalue weighted by Crippen LogP contribution is -2.53. The summed E-state index contributed by atoms with van der Waals surface area (Å²) in [6, 6.07) is 1.28. The quantitative estimate of drug-likeness (QED) is 0.868. The summed E-state index contributed by atoms with van der Waals surface area (Å²) in [5.74, 6) is 1.64. The van der Waals surface area contributed by atoms with Crippen LogP contribution in [0.5, 0.6) is 0 Å². The lowest BCUT2D eigenvalue weighted by atomic mass is 10.2. The largest absolute Gasteiger partial charge is 0.352 e. The summed E-state index contributed by atoms with van der Waals surface area (Å²) in [4.78, 5) is 20.4. The van der Waals surface area contributed by atoms with Gasteiger partial charge in [-0.2, -0.15) is 11.8 Å². The van der Waals surface area contributed by atoms with Gasteiger partial charge in [0.05, 0.1) is 16.1 Å². The van der Waals surface area contributed by atoms with E-state index in [0.29, 0.717) is 48.5 Å². The van der Waals surface area contributed by atoms with Crippen LogP contribution >= 0.6 is 35.0 Å². The second kappa shape index (κ2) is 8.24. The second-order valence-corrected chi connectivity index (χ2v) is 6.99. The Labute approximate surface area is 145 Å². The monoisotopic (exact) mass is 362 g/mol. The number of carbonyl (C=O) groups is 1. The Kier molecular flexibility index (Phi) is 6.62. The summed E-state index contributed by atoms with van der Waals surface area (Å²) in [7, 11) is 0. The van der Waals surface area contributed by atoms with Gasteiger partial charge in [-0.25, -0.2) is 4.98 Å². The van der Waals surface area contributed by atoms with Gasteiger partial charge in [-0.15, -0.1) is 0 Å². The van der Waals surface area contributed by atoms with Crippen LogP contribution in [-0.4, -0.2) is 60.0 Å². The molecular formula is C14H20Cl2N4OS. The lowest BCUT2D eigenvalue weighted by molar-refractivity contribution is -0.132. The SMILES string of the molecule is CSCC[C@H](N)C(=O)N1CCN(c2ncc(Cl)cc2Cl)CC1. The Bertz CT molecular complexity index is 524. The summed E-state index contributed by atoms with van der Waals surface area (Å²) in [6.07, 6.45) is 4.31. The normalized spacial score (nSPS) is 16.7. The van der Waals surface area contributed by atoms with Crippen molar-refractivity contribution < 1.29 is 4.79 Å². The Balaban J connectivity index is 1.91. The zero-order valence-corrected chi connectivity index (χ0v) is 14.8. The minimum atomic E-state index is -0.406. The van der Waals surface area contributed by atoms with Crippen LogP contribution in [0.2, 0.25) is 10.0 Å². The first-order valence-corrected chi connectivity index (χ1v) is 9.27. The smallest absolute Gasteiger partial charge is 0.239 e. The number of aromatic nitrogens is 1. The summed E-state index contributed by atoms with van der Waals surface area (Å²) < 4.78 is 0. The van der Waals surface area contributed by atoms with Gasteiger partial charge in [-0.05, 0) is 24.5 Å². The third kappa shape index (κ3) is 4.41. The Morgan fingerprint density at radius 1 is 1.41 bits per heavy atom. The molecular weight excluding hydrogens is 343 g/mol. The third-order valence-corrected chi connectivity index (χ3v) is 4.76. The number of nitrogens with two attached hydrogens (primary N) is 1. The topological polar surface area (TPSA) is 62.5 Å². The van der Waals surface area contributed by atoms with E-state index in [2.05, 4.69) is 9.88 Å². The molecule has 0 unspecified atom stereocenters. The van der Waals surface area contributed by atoms with Crippen LogP contribution in [0, 0.1) is 0 Å². The number of hydrogen-bond acceptors (Lipinski definition) is 5. The first-order valence-electron chi connectivity index (χ1n) is 7.12. The first-order chi connectivity index (χ1) is 10.5. The van der Waals surface area contributed by atoms with Crippen molar-refractivity contribution in [1.82, 2.24) is 9.88 Å². The van der Waals surface area contributed by atoms with Crippen LogP contribution in [0.3, 0.4) is 0 Å². The summed E-state index contributed by atoms with van der Waals surface area (Å²) in [5.41, 5.74) is 5.95. The van der Waals surface area contributed by atoms with E-state index < -0.39 is 6.04 Å². The number of amides is 1. The molecule has 8 heteroatoms. The summed E-state index contributed by atoms with van der Waals surface area (Å²) in [5, 5.41) is 1.05. The van der Waals surface area contributed by atoms with Gasteiger partial charge in [0.25, 0.3) is 0 Å². The molecule has 1 amide bonds. The average molecular weight is 363 g/mol. The molecule has 0 aromatic carbocycles. The molecule has 1 atom stereocenters. The highest BCUT2D eigenvalue weighted by atomic mass is 35.5. The highest BCUT2D eigenvalue weighted by molar-refractivity contribution is 7.98. The number of pyridine rings is 1. The summed E-state index contributed by atoms with van der Waals surface area (Å²) in [6.45, 7) is 2.64. The van der Waals surface area contributed by atoms with Gasteiger partial charge in [0.2, 0.25) is 5.91 Å². The number of anilines is 1. The van der Waals surface area contributed by atoms with Crippen LogP contribution in [-0.2, 0) is 4.79 Å². The standard InChI is InChI=1S/C14H20Cl2N4OS/c1-22-7-2-12(17)14(21)20-5-3-19(4-6-20)13-11(16)8-10(15)9-18-13/h8-9,12H,2-7,17H2,1H3/t12-/m0/s1. The molecule has 5 nitrogen and oxygen atoms in total. The molecule has 1 aliphatic rings. The van der Waals surface area contributed by atoms with Crippen molar-refractivity contribution in [3.63, 3.8) is 0 Å². The van der Waals surface area contributed by atoms with E-state index in [-0.39, 0.29) is 5.91 Å². The van der Waals surface area contributed by atoms with E-state index in [0.717, 1.165) is 5.75 Å². The van der Waals surface area contributed by atoms with Gasteiger partial charge >= 0.3 is 0 Å². The number of hydrogen-bond donors (Lipinski definition) is 1. The fraction of sp³-hybridized carbons (Fsp3) is 0.571. The molecule has 2 N–H and O–H groups in total. The van der Waals surface area contributed by atoms with Crippen molar-refractivity contribution >= 4 is 46.7 Å². The minimum Gasteiger partial charge on any atom is -0.352 e. The van der Waals surface area contributed by atoms with E-state index in [1.165, 1.54) is 0 Å². The predicted octanol–water partition coefficient (Wildman–Crippen LogP) is 2.12. The summed E-state index contributed by atoms with van der Waals surface area (Å²) >= 11 is 13.7. The number of rotatable bonds is 5. The molecule has 0 bridgehead atoms. The van der Waals surface area contributed by atoms with E-state index in [4.69, 9.17) is 28.9 Å². The lowest BCUT2D eigenvalue weighted by Gasteiger charge is -2.36. The van der Waals surface area contributed by atoms with Crippen molar-refractivity contribution in [3.8, 4) is 0 Å². The molecule has 0 saturated carbocycles. The van der Waals surface area contributed by atoms with Crippen molar-refractivity contribution in [2.45, 2.75) is 12.5 Å². The average Bonchev–Trinajstić information content (AvgIpc) is 2.52. The van der Waals surface area contributed by atoms with Crippen molar-refractivity contribution in [2.75, 3.05) is 43.1 Å². The zero-order valence-electron chi connectivity index (χ0n) is 12.5. The van der Waals surface area contributed by atoms with E-state index in [9.17, 15) is 4.79 Å². The number of thioether (sulfide) groups is 1. The van der Waals surface area contributed by atoms with Gasteiger partial charge < -0.3 is 15.5 Å². The van der Waals surface area contributed by atoms with Crippen LogP contribution in [0.4, 0.5) is 5.82 Å². The molecule has 1 saturated heterocycles. The van der Waals surface area contributed by atoms with Crippen molar-refractivity contribution in [3.05, 3.63) is 22.3 Å². The molecule has 1 fully saturated rings. The first kappa shape index (κ1) is 17.7. The number of piperazine rings is 1. The van der Waals surface area contributed by atoms with E-state index in [1.807, 2.05) is 11.2 Å². The van der Waals surface area contributed by atoms with Crippen LogP contribution in [0.25, 0.3) is 0 Å². The predicted molar refractivity (Wildman–Crippen MR) is 94.0 cm³/mol. The molecule has 1 aromatic rings. The van der Waals surface area contributed by atoms with E-state index >= 15 is 0 Å². The maximum absolute atomic E-state index is 12.3. The van der Waals surface area contributed by atoms with Gasteiger partial charge in [0.15, 0.2) is 0 Å². The fourth-order valence-corrected chi connectivity index (χ4v) is 3.37. The number of halogens is 2. The van der Waals surface area contributed by atoms with Gasteiger partial charge in [-0.1, -0.05) is 23.2 Å². The van der Waals surface area contributed by atoms with Gasteiger partial charge in [0.1, 0.15) is 5.82 Å². The Hall–Kier alpha value is -0.690. The molecule has 0 aliphatic carbocycles. The molecule has 0 radical (unpaired) electrons. The Morgan fingerprint density at radius 3 is 2.68 bits per heavy atom. The molecule has 2 rings (SSSR count). The highest BCUT2D eigenvalue weighted by Gasteiger charge is 2.26. The second-order valence-electron chi connectivity index (χ2n) is 5.16. The van der Waals surface area contributed by atoms with Gasteiger partial charge in [0, 0.05) is 32.4 Å². The Morgan fingerprint density at radius 2 is 2.09 bits per heavy atom. The molecule has 0 spiro atoms. The van der Waals surface area contributed by atoms with Crippen molar-refractivity contribution in [1.29, 1.82) is 0 Å². The fourth-order valence-electron chi connectivity index (χ4n) is 2.38. The third-order valence-electron chi connectivity index (χ3n) is 3.63. The maximum atomic E-state index is 12.3. The van der Waals surface area contributed by atoms with Gasteiger partial charge in [-0.3, -0.25) is 4.79 Å². The number of nitrogens with zero attached hydrogens (tertiary/aromatic N) is 3. The zero-order chi connectivity index (χ0) is 16.1. The van der Waals surface area contributed by atoms with Crippen LogP contribution < -0.4 is 10.6 Å². The highest BCUT2D eigenvalue weighted by Crippen LogP contribution is 2.26. The molecule has 122 valence electrons. The van der Waals surface area contributed by atoms with Crippen molar-refractivity contribution in [2.24, 2.45) is 5.73 Å². The van der Waals surface area contributed by atoms with Crippen LogP contribution in [0.1, 0.15) is 6.42 Å². The molecule has 1 aliphatic heterocycles. The minimum absolute atomic E-state index is 0.0314. The van der Waals surface area contributed by atoms with E-state index in [1.54, 1.807) is 24.0 Å². The molecule has 1 aromatic heterocycles. The number of carbonyl (C=O) groups excluding carboxylic acids is 1. The molecule has 2 heterocycles. The molecule has 22 heavy (non-hydrogen) atoms. The van der Waals surface area contributed by atoms with Crippen LogP contribution in [0.15, 0.2) is 12.3 Å². The maximum Gasteiger partial charge on any atom is 0.239 e.